The molecule has 0 saturated carbocycles. The van der Waals surface area contributed by atoms with E-state index in [1.54, 1.807) is 24.3 Å². The van der Waals surface area contributed by atoms with E-state index in [9.17, 15) is 4.79 Å². The maximum Gasteiger partial charge on any atom is 0.237 e. The summed E-state index contributed by atoms with van der Waals surface area (Å²) in [6.07, 6.45) is 8.12. The normalized spacial score (nSPS) is 14.8. The molecule has 0 fully saturated rings. The van der Waals surface area contributed by atoms with Gasteiger partial charge in [0, 0.05) is 18.9 Å². The molecular formula is C14H26N4OS. The zero-order valence-corrected chi connectivity index (χ0v) is 13.6. The van der Waals surface area contributed by atoms with Crippen LogP contribution in [-0.2, 0) is 11.3 Å². The molecule has 1 heterocycles. The SMILES string of the molecule is CSCC[C@H](N)C(=O)NC(Cn1ccnc1)C(C)(C)C. The maximum absolute atomic E-state index is 12.2. The van der Waals surface area contributed by atoms with Crippen LogP contribution in [0.4, 0.5) is 0 Å². The predicted octanol–water partition coefficient (Wildman–Crippen LogP) is 1.49. The second-order valence-electron chi connectivity index (χ2n) is 6.07. The van der Waals surface area contributed by atoms with Crippen LogP contribution in [0.15, 0.2) is 18.7 Å². The molecule has 1 aromatic rings. The predicted molar refractivity (Wildman–Crippen MR) is 84.6 cm³/mol. The second-order valence-corrected chi connectivity index (χ2v) is 7.06. The average Bonchev–Trinajstić information content (AvgIpc) is 2.86. The fraction of sp³-hybridized carbons (Fsp3) is 0.714. The Morgan fingerprint density at radius 2 is 2.20 bits per heavy atom. The quantitative estimate of drug-likeness (QED) is 0.800. The fourth-order valence-corrected chi connectivity index (χ4v) is 2.29. The van der Waals surface area contributed by atoms with Crippen molar-refractivity contribution in [3.63, 3.8) is 0 Å². The monoisotopic (exact) mass is 298 g/mol. The molecule has 3 N–H and O–H groups in total. The Bertz CT molecular complexity index is 400. The van der Waals surface area contributed by atoms with Crippen molar-refractivity contribution in [2.24, 2.45) is 11.1 Å². The van der Waals surface area contributed by atoms with Crippen LogP contribution in [-0.4, -0.2) is 39.6 Å². The van der Waals surface area contributed by atoms with Gasteiger partial charge in [-0.25, -0.2) is 4.98 Å². The zero-order valence-electron chi connectivity index (χ0n) is 12.8. The van der Waals surface area contributed by atoms with Crippen molar-refractivity contribution in [3.8, 4) is 0 Å². The van der Waals surface area contributed by atoms with Crippen molar-refractivity contribution in [2.45, 2.75) is 45.8 Å². The lowest BCUT2D eigenvalue weighted by atomic mass is 9.86. The lowest BCUT2D eigenvalue weighted by molar-refractivity contribution is -0.124. The molecule has 0 aliphatic heterocycles. The summed E-state index contributed by atoms with van der Waals surface area (Å²) in [6.45, 7) is 7.04. The Hall–Kier alpha value is -1.01. The van der Waals surface area contributed by atoms with Crippen molar-refractivity contribution in [1.82, 2.24) is 14.9 Å². The molecule has 0 radical (unpaired) electrons. The number of aromatic nitrogens is 2. The molecule has 5 nitrogen and oxygen atoms in total. The summed E-state index contributed by atoms with van der Waals surface area (Å²) in [5, 5.41) is 3.08. The van der Waals surface area contributed by atoms with E-state index in [1.807, 2.05) is 17.0 Å². The molecule has 0 bridgehead atoms. The highest BCUT2D eigenvalue weighted by atomic mass is 32.2. The van der Waals surface area contributed by atoms with Gasteiger partial charge in [-0.15, -0.1) is 0 Å². The minimum Gasteiger partial charge on any atom is -0.350 e. The average molecular weight is 298 g/mol. The summed E-state index contributed by atoms with van der Waals surface area (Å²) in [6, 6.07) is -0.417. The van der Waals surface area contributed by atoms with E-state index in [1.165, 1.54) is 0 Å². The minimum atomic E-state index is -0.435. The number of carbonyl (C=O) groups is 1. The number of hydrogen-bond donors (Lipinski definition) is 2. The summed E-state index contributed by atoms with van der Waals surface area (Å²) in [5.74, 6) is 0.829. The highest BCUT2D eigenvalue weighted by Gasteiger charge is 2.28. The lowest BCUT2D eigenvalue weighted by Gasteiger charge is -2.32. The van der Waals surface area contributed by atoms with Gasteiger partial charge in [0.15, 0.2) is 0 Å². The van der Waals surface area contributed by atoms with Crippen LogP contribution in [0.5, 0.6) is 0 Å². The first-order valence-corrected chi connectivity index (χ1v) is 8.24. The molecule has 1 aromatic heterocycles. The molecule has 0 aliphatic carbocycles. The number of carbonyl (C=O) groups excluding carboxylic acids is 1. The van der Waals surface area contributed by atoms with E-state index in [0.717, 1.165) is 5.75 Å². The van der Waals surface area contributed by atoms with Crippen LogP contribution in [0.25, 0.3) is 0 Å². The van der Waals surface area contributed by atoms with E-state index in [4.69, 9.17) is 5.73 Å². The molecule has 0 spiro atoms. The van der Waals surface area contributed by atoms with E-state index >= 15 is 0 Å². The number of hydrogen-bond acceptors (Lipinski definition) is 4. The second kappa shape index (κ2) is 7.69. The van der Waals surface area contributed by atoms with Gasteiger partial charge in [0.05, 0.1) is 18.4 Å². The van der Waals surface area contributed by atoms with Crippen LogP contribution in [0.1, 0.15) is 27.2 Å². The third kappa shape index (κ3) is 5.54. The van der Waals surface area contributed by atoms with Gasteiger partial charge in [-0.05, 0) is 23.8 Å². The van der Waals surface area contributed by atoms with Crippen LogP contribution >= 0.6 is 11.8 Å². The summed E-state index contributed by atoms with van der Waals surface area (Å²) in [4.78, 5) is 16.2. The van der Waals surface area contributed by atoms with Crippen molar-refractivity contribution in [3.05, 3.63) is 18.7 Å². The van der Waals surface area contributed by atoms with Crippen molar-refractivity contribution in [2.75, 3.05) is 12.0 Å². The topological polar surface area (TPSA) is 72.9 Å². The largest absolute Gasteiger partial charge is 0.350 e. The van der Waals surface area contributed by atoms with E-state index in [-0.39, 0.29) is 17.4 Å². The van der Waals surface area contributed by atoms with E-state index in [2.05, 4.69) is 31.1 Å². The molecule has 20 heavy (non-hydrogen) atoms. The number of thioether (sulfide) groups is 1. The third-order valence-corrected chi connectivity index (χ3v) is 3.93. The number of nitrogens with one attached hydrogen (secondary N) is 1. The van der Waals surface area contributed by atoms with Gasteiger partial charge in [-0.3, -0.25) is 4.79 Å². The van der Waals surface area contributed by atoms with Gasteiger partial charge in [0.25, 0.3) is 0 Å². The summed E-state index contributed by atoms with van der Waals surface area (Å²) >= 11 is 1.70. The number of imidazole rings is 1. The standard InChI is InChI=1S/C14H26N4OS/c1-14(2,3)12(9-18-7-6-16-10-18)17-13(19)11(15)5-8-20-4/h6-7,10-12H,5,8-9,15H2,1-4H3,(H,17,19)/t11-,12?/m0/s1. The summed E-state index contributed by atoms with van der Waals surface area (Å²) < 4.78 is 1.98. The number of nitrogens with two attached hydrogens (primary N) is 1. The zero-order chi connectivity index (χ0) is 15.2. The smallest absolute Gasteiger partial charge is 0.237 e. The number of amides is 1. The van der Waals surface area contributed by atoms with Gasteiger partial charge in [0.1, 0.15) is 0 Å². The maximum atomic E-state index is 12.2. The van der Waals surface area contributed by atoms with Crippen LogP contribution in [0.3, 0.4) is 0 Å². The Morgan fingerprint density at radius 3 is 2.70 bits per heavy atom. The summed E-state index contributed by atoms with van der Waals surface area (Å²) in [7, 11) is 0. The first-order chi connectivity index (χ1) is 9.34. The van der Waals surface area contributed by atoms with Crippen molar-refractivity contribution >= 4 is 17.7 Å². The molecule has 0 aromatic carbocycles. The molecule has 2 atom stereocenters. The number of nitrogens with zero attached hydrogens (tertiary/aromatic N) is 2. The molecule has 114 valence electrons. The molecule has 1 amide bonds. The van der Waals surface area contributed by atoms with Crippen molar-refractivity contribution < 1.29 is 4.79 Å². The molecule has 1 unspecified atom stereocenters. The van der Waals surface area contributed by atoms with E-state index in [0.29, 0.717) is 13.0 Å². The first-order valence-electron chi connectivity index (χ1n) is 6.85. The Labute approximate surface area is 125 Å². The van der Waals surface area contributed by atoms with Crippen LogP contribution in [0, 0.1) is 5.41 Å². The van der Waals surface area contributed by atoms with Gasteiger partial charge in [0.2, 0.25) is 5.91 Å². The van der Waals surface area contributed by atoms with Crippen LogP contribution < -0.4 is 11.1 Å². The Balaban J connectivity index is 2.63. The fourth-order valence-electron chi connectivity index (χ4n) is 1.80. The molecule has 0 aliphatic rings. The van der Waals surface area contributed by atoms with Crippen LogP contribution in [0.2, 0.25) is 0 Å². The molecule has 0 saturated heterocycles. The Morgan fingerprint density at radius 1 is 1.50 bits per heavy atom. The van der Waals surface area contributed by atoms with Gasteiger partial charge < -0.3 is 15.6 Å². The van der Waals surface area contributed by atoms with E-state index < -0.39 is 6.04 Å². The molecule has 1 rings (SSSR count). The Kier molecular flexibility index (Phi) is 6.55. The first kappa shape index (κ1) is 17.0. The number of rotatable bonds is 7. The summed E-state index contributed by atoms with van der Waals surface area (Å²) in [5.41, 5.74) is 5.88. The minimum absolute atomic E-state index is 0.0181. The molecular weight excluding hydrogens is 272 g/mol. The van der Waals surface area contributed by atoms with Crippen molar-refractivity contribution in [1.29, 1.82) is 0 Å². The van der Waals surface area contributed by atoms with Gasteiger partial charge >= 0.3 is 0 Å². The third-order valence-electron chi connectivity index (χ3n) is 3.28. The lowest BCUT2D eigenvalue weighted by Crippen LogP contribution is -2.51. The van der Waals surface area contributed by atoms with Gasteiger partial charge in [-0.2, -0.15) is 11.8 Å². The highest BCUT2D eigenvalue weighted by molar-refractivity contribution is 7.98. The highest BCUT2D eigenvalue weighted by Crippen LogP contribution is 2.21. The van der Waals surface area contributed by atoms with Gasteiger partial charge in [-0.1, -0.05) is 20.8 Å². The molecule has 6 heteroatoms.